The number of carbonyl (C=O) groups excluding carboxylic acids is 3. The van der Waals surface area contributed by atoms with Crippen LogP contribution in [-0.2, 0) is 19.1 Å². The Morgan fingerprint density at radius 3 is 2.67 bits per heavy atom. The Morgan fingerprint density at radius 2 is 2.00 bits per heavy atom. The van der Waals surface area contributed by atoms with Gasteiger partial charge >= 0.3 is 5.97 Å². The van der Waals surface area contributed by atoms with Crippen molar-refractivity contribution in [3.8, 4) is 0 Å². The zero-order valence-electron chi connectivity index (χ0n) is 18.1. The standard InChI is InChI=1S/C23H28O5.C2H4/c1-13(24)28-12-20(27)18-7-6-17-16-5-4-14-10-15(25)8-9-22(14,2)21(16)19(26)11-23(17,18)3;1-2/h7-10,16-17,19,21,26H,4-6,11-12H2,1-3H3;1-2H2/t16-,17?,19?,21?,22?,23?;/m0./s1. The summed E-state index contributed by atoms with van der Waals surface area (Å²) in [4.78, 5) is 35.7. The molecule has 4 rings (SSSR count). The van der Waals surface area contributed by atoms with Gasteiger partial charge in [0.15, 0.2) is 18.2 Å². The van der Waals surface area contributed by atoms with Gasteiger partial charge < -0.3 is 9.84 Å². The van der Waals surface area contributed by atoms with Crippen molar-refractivity contribution in [2.24, 2.45) is 28.6 Å². The summed E-state index contributed by atoms with van der Waals surface area (Å²) in [6.45, 7) is 11.3. The number of ether oxygens (including phenoxy) is 1. The number of carbonyl (C=O) groups is 3. The molecular weight excluding hydrogens is 380 g/mol. The third kappa shape index (κ3) is 3.43. The van der Waals surface area contributed by atoms with Crippen LogP contribution in [0.2, 0.25) is 0 Å². The number of allylic oxidation sites excluding steroid dienone is 5. The van der Waals surface area contributed by atoms with E-state index < -0.39 is 17.5 Å². The Hall–Kier alpha value is -2.27. The molecule has 5 nitrogen and oxygen atoms in total. The van der Waals surface area contributed by atoms with E-state index in [0.717, 1.165) is 24.8 Å². The van der Waals surface area contributed by atoms with Crippen molar-refractivity contribution in [2.75, 3.05) is 6.61 Å². The second-order valence-corrected chi connectivity index (χ2v) is 9.27. The Bertz CT molecular complexity index is 850. The second-order valence-electron chi connectivity index (χ2n) is 9.27. The summed E-state index contributed by atoms with van der Waals surface area (Å²) >= 11 is 0. The van der Waals surface area contributed by atoms with E-state index in [-0.39, 0.29) is 41.3 Å². The molecule has 0 aromatic rings. The number of aliphatic hydroxyl groups excluding tert-OH is 1. The van der Waals surface area contributed by atoms with Gasteiger partial charge in [-0.3, -0.25) is 14.4 Å². The van der Waals surface area contributed by atoms with Gasteiger partial charge in [-0.15, -0.1) is 13.2 Å². The van der Waals surface area contributed by atoms with Crippen LogP contribution in [0.3, 0.4) is 0 Å². The monoisotopic (exact) mass is 412 g/mol. The molecule has 4 aliphatic rings. The maximum absolute atomic E-state index is 12.7. The number of ketones is 2. The lowest BCUT2D eigenvalue weighted by molar-refractivity contribution is -0.145. The molecule has 0 heterocycles. The van der Waals surface area contributed by atoms with Crippen LogP contribution in [0.4, 0.5) is 0 Å². The van der Waals surface area contributed by atoms with Crippen molar-refractivity contribution < 1.29 is 24.2 Å². The first-order valence-electron chi connectivity index (χ1n) is 10.7. The van der Waals surface area contributed by atoms with Crippen molar-refractivity contribution in [3.05, 3.63) is 48.6 Å². The predicted molar refractivity (Wildman–Crippen MR) is 114 cm³/mol. The number of esters is 1. The summed E-state index contributed by atoms with van der Waals surface area (Å²) in [7, 11) is 0. The van der Waals surface area contributed by atoms with Crippen molar-refractivity contribution in [3.63, 3.8) is 0 Å². The van der Waals surface area contributed by atoms with Crippen molar-refractivity contribution in [2.45, 2.75) is 52.6 Å². The highest BCUT2D eigenvalue weighted by molar-refractivity contribution is 6.01. The van der Waals surface area contributed by atoms with Gasteiger partial charge in [0.2, 0.25) is 0 Å². The molecule has 30 heavy (non-hydrogen) atoms. The molecule has 0 radical (unpaired) electrons. The molecule has 2 fully saturated rings. The maximum Gasteiger partial charge on any atom is 0.303 e. The van der Waals surface area contributed by atoms with Gasteiger partial charge in [0.05, 0.1) is 6.10 Å². The van der Waals surface area contributed by atoms with Gasteiger partial charge in [-0.1, -0.05) is 31.6 Å². The fraction of sp³-hybridized carbons (Fsp3) is 0.560. The van der Waals surface area contributed by atoms with Crippen LogP contribution in [-0.4, -0.2) is 35.4 Å². The Labute approximate surface area is 178 Å². The molecule has 5 unspecified atom stereocenters. The summed E-state index contributed by atoms with van der Waals surface area (Å²) in [6, 6.07) is 0. The largest absolute Gasteiger partial charge is 0.457 e. The van der Waals surface area contributed by atoms with Crippen LogP contribution in [0.1, 0.15) is 46.5 Å². The maximum atomic E-state index is 12.7. The van der Waals surface area contributed by atoms with Gasteiger partial charge in [0, 0.05) is 29.2 Å². The van der Waals surface area contributed by atoms with E-state index in [1.807, 2.05) is 12.2 Å². The second kappa shape index (κ2) is 8.10. The number of aliphatic hydroxyl groups is 1. The molecule has 0 bridgehead atoms. The smallest absolute Gasteiger partial charge is 0.303 e. The lowest BCUT2D eigenvalue weighted by Crippen LogP contribution is -2.55. The topological polar surface area (TPSA) is 80.7 Å². The van der Waals surface area contributed by atoms with Gasteiger partial charge in [0.1, 0.15) is 0 Å². The minimum Gasteiger partial charge on any atom is -0.457 e. The average molecular weight is 413 g/mol. The molecule has 6 atom stereocenters. The summed E-state index contributed by atoms with van der Waals surface area (Å²) < 4.78 is 4.93. The number of hydrogen-bond acceptors (Lipinski definition) is 5. The van der Waals surface area contributed by atoms with Crippen molar-refractivity contribution in [1.82, 2.24) is 0 Å². The van der Waals surface area contributed by atoms with Crippen LogP contribution in [0.25, 0.3) is 0 Å². The third-order valence-electron chi connectivity index (χ3n) is 7.78. The molecule has 0 amide bonds. The minimum absolute atomic E-state index is 0.0296. The molecule has 0 spiro atoms. The molecule has 4 aliphatic carbocycles. The molecular formula is C25H32O5. The highest BCUT2D eigenvalue weighted by atomic mass is 16.5. The fourth-order valence-electron chi connectivity index (χ4n) is 6.57. The van der Waals surface area contributed by atoms with Crippen LogP contribution in [0, 0.1) is 28.6 Å². The molecule has 1 N–H and O–H groups in total. The Morgan fingerprint density at radius 1 is 1.30 bits per heavy atom. The highest BCUT2D eigenvalue weighted by Gasteiger charge is 2.60. The number of rotatable bonds is 3. The van der Waals surface area contributed by atoms with E-state index in [0.29, 0.717) is 12.0 Å². The van der Waals surface area contributed by atoms with E-state index in [1.54, 1.807) is 12.2 Å². The van der Waals surface area contributed by atoms with E-state index in [1.165, 1.54) is 6.92 Å². The quantitative estimate of drug-likeness (QED) is 0.564. The summed E-state index contributed by atoms with van der Waals surface area (Å²) in [6.07, 6.45) is 9.91. The van der Waals surface area contributed by atoms with Crippen LogP contribution >= 0.6 is 0 Å². The SMILES string of the molecule is C=C.CC(=O)OCC(=O)C1=CCC2[C@@H]3CCC4=CC(=O)C=CC4(C)C3C(O)CC12C. The van der Waals surface area contributed by atoms with E-state index >= 15 is 0 Å². The zero-order valence-corrected chi connectivity index (χ0v) is 18.1. The third-order valence-corrected chi connectivity index (χ3v) is 7.78. The normalized spacial score (nSPS) is 38.7. The average Bonchev–Trinajstić information content (AvgIpc) is 3.04. The molecule has 0 aliphatic heterocycles. The van der Waals surface area contributed by atoms with E-state index in [4.69, 9.17) is 4.74 Å². The number of Topliss-reactive ketones (excluding diaryl/α,β-unsaturated/α-hetero) is 1. The van der Waals surface area contributed by atoms with Gasteiger partial charge in [-0.25, -0.2) is 0 Å². The van der Waals surface area contributed by atoms with Gasteiger partial charge in [-0.05, 0) is 49.7 Å². The highest BCUT2D eigenvalue weighted by Crippen LogP contribution is 2.64. The minimum atomic E-state index is -0.555. The molecule has 0 saturated heterocycles. The van der Waals surface area contributed by atoms with E-state index in [9.17, 15) is 19.5 Å². The lowest BCUT2D eigenvalue weighted by Gasteiger charge is -2.58. The summed E-state index contributed by atoms with van der Waals surface area (Å²) in [5, 5.41) is 11.2. The summed E-state index contributed by atoms with van der Waals surface area (Å²) in [5.41, 5.74) is 1.13. The van der Waals surface area contributed by atoms with Gasteiger partial charge in [-0.2, -0.15) is 0 Å². The van der Waals surface area contributed by atoms with Crippen molar-refractivity contribution >= 4 is 17.5 Å². The molecule has 0 aromatic heterocycles. The first-order valence-corrected chi connectivity index (χ1v) is 10.7. The van der Waals surface area contributed by atoms with E-state index in [2.05, 4.69) is 27.0 Å². The van der Waals surface area contributed by atoms with Gasteiger partial charge in [0.25, 0.3) is 0 Å². The first kappa shape index (κ1) is 22.4. The lowest BCUT2D eigenvalue weighted by atomic mass is 9.47. The molecule has 5 heteroatoms. The summed E-state index contributed by atoms with van der Waals surface area (Å²) in [5.74, 6) is 0.0194. The predicted octanol–water partition coefficient (Wildman–Crippen LogP) is 3.74. The Kier molecular flexibility index (Phi) is 6.06. The van der Waals surface area contributed by atoms with Crippen LogP contribution in [0.15, 0.2) is 48.6 Å². The molecule has 2 saturated carbocycles. The zero-order chi connectivity index (χ0) is 22.3. The van der Waals surface area contributed by atoms with Crippen molar-refractivity contribution in [1.29, 1.82) is 0 Å². The number of fused-ring (bicyclic) bond motifs is 5. The first-order chi connectivity index (χ1) is 14.2. The van der Waals surface area contributed by atoms with Crippen LogP contribution in [0.5, 0.6) is 0 Å². The molecule has 0 aromatic carbocycles. The fourth-order valence-corrected chi connectivity index (χ4v) is 6.57. The van der Waals surface area contributed by atoms with Crippen LogP contribution < -0.4 is 0 Å². The number of hydrogen-bond donors (Lipinski definition) is 1. The Balaban J connectivity index is 0.00000124. The molecule has 162 valence electrons.